The van der Waals surface area contributed by atoms with Crippen LogP contribution in [0.25, 0.3) is 0 Å². The molecule has 0 aromatic heterocycles. The zero-order valence-corrected chi connectivity index (χ0v) is 13.0. The Labute approximate surface area is 116 Å². The molecule has 0 spiro atoms. The maximum absolute atomic E-state index is 11.8. The van der Waals surface area contributed by atoms with E-state index in [0.717, 1.165) is 17.8 Å². The molecular formula is C15H26O2S. The summed E-state index contributed by atoms with van der Waals surface area (Å²) in [5, 5.41) is 0.181. The van der Waals surface area contributed by atoms with Crippen molar-refractivity contribution in [1.82, 2.24) is 0 Å². The van der Waals surface area contributed by atoms with Gasteiger partial charge in [-0.15, -0.1) is 0 Å². The van der Waals surface area contributed by atoms with Crippen LogP contribution in [0.2, 0.25) is 0 Å². The Morgan fingerprint density at radius 2 is 1.78 bits per heavy atom. The summed E-state index contributed by atoms with van der Waals surface area (Å²) in [7, 11) is 1.68. The fraction of sp³-hybridized carbons (Fsp3) is 0.800. The fourth-order valence-corrected chi connectivity index (χ4v) is 3.82. The van der Waals surface area contributed by atoms with Gasteiger partial charge in [-0.05, 0) is 20.3 Å². The highest BCUT2D eigenvalue weighted by Gasteiger charge is 2.42. The summed E-state index contributed by atoms with van der Waals surface area (Å²) in [4.78, 5) is 11.8. The molecule has 0 saturated heterocycles. The summed E-state index contributed by atoms with van der Waals surface area (Å²) in [5.74, 6) is 0.894. The second kappa shape index (κ2) is 7.22. The van der Waals surface area contributed by atoms with Gasteiger partial charge in [-0.3, -0.25) is 4.79 Å². The van der Waals surface area contributed by atoms with Crippen molar-refractivity contribution < 1.29 is 9.53 Å². The molecule has 1 aliphatic heterocycles. The summed E-state index contributed by atoms with van der Waals surface area (Å²) >= 11 is 1.44. The summed E-state index contributed by atoms with van der Waals surface area (Å²) in [6.45, 7) is 6.25. The van der Waals surface area contributed by atoms with Crippen molar-refractivity contribution in [2.24, 2.45) is 0 Å². The van der Waals surface area contributed by atoms with E-state index in [1.54, 1.807) is 7.11 Å². The average molecular weight is 270 g/mol. The van der Waals surface area contributed by atoms with Crippen LogP contribution in [-0.2, 0) is 9.53 Å². The van der Waals surface area contributed by atoms with Crippen LogP contribution in [0.3, 0.4) is 0 Å². The highest BCUT2D eigenvalue weighted by atomic mass is 32.2. The molecule has 1 heterocycles. The number of ether oxygens (including phenoxy) is 1. The Balaban J connectivity index is 2.39. The van der Waals surface area contributed by atoms with Gasteiger partial charge >= 0.3 is 0 Å². The number of carbonyl (C=O) groups is 1. The van der Waals surface area contributed by atoms with Crippen LogP contribution in [0.1, 0.15) is 65.7 Å². The molecule has 0 amide bonds. The lowest BCUT2D eigenvalue weighted by atomic mass is 9.97. The van der Waals surface area contributed by atoms with E-state index >= 15 is 0 Å². The molecule has 0 aromatic rings. The van der Waals surface area contributed by atoms with Gasteiger partial charge in [-0.2, -0.15) is 0 Å². The van der Waals surface area contributed by atoms with Gasteiger partial charge in [0.1, 0.15) is 5.76 Å². The van der Waals surface area contributed by atoms with E-state index in [1.165, 1.54) is 50.3 Å². The maximum Gasteiger partial charge on any atom is 0.219 e. The smallest absolute Gasteiger partial charge is 0.219 e. The van der Waals surface area contributed by atoms with Crippen LogP contribution in [0.5, 0.6) is 0 Å². The molecule has 0 aromatic carbocycles. The molecule has 0 unspecified atom stereocenters. The van der Waals surface area contributed by atoms with Gasteiger partial charge in [-0.25, -0.2) is 0 Å². The van der Waals surface area contributed by atoms with Crippen molar-refractivity contribution >= 4 is 16.9 Å². The molecule has 3 heteroatoms. The van der Waals surface area contributed by atoms with E-state index in [9.17, 15) is 4.79 Å². The zero-order valence-electron chi connectivity index (χ0n) is 12.2. The van der Waals surface area contributed by atoms with Gasteiger partial charge in [0.2, 0.25) is 5.12 Å². The third-order valence-corrected chi connectivity index (χ3v) is 4.99. The first kappa shape index (κ1) is 15.6. The van der Waals surface area contributed by atoms with Crippen molar-refractivity contribution in [1.29, 1.82) is 0 Å². The molecule has 0 aliphatic carbocycles. The molecule has 104 valence electrons. The SMILES string of the molecule is CCCCCCCC[C@@]1(C)SC(=O)C(C)=C1OC. The first-order valence-corrected chi connectivity index (χ1v) is 7.85. The predicted molar refractivity (Wildman–Crippen MR) is 78.7 cm³/mol. The second-order valence-corrected chi connectivity index (χ2v) is 6.77. The number of unbranched alkanes of at least 4 members (excludes halogenated alkanes) is 5. The Hall–Kier alpha value is -0.440. The maximum atomic E-state index is 11.8. The minimum atomic E-state index is -0.124. The predicted octanol–water partition coefficient (Wildman–Crippen LogP) is 4.69. The lowest BCUT2D eigenvalue weighted by Gasteiger charge is -2.25. The van der Waals surface area contributed by atoms with Crippen molar-refractivity contribution in [3.8, 4) is 0 Å². The molecule has 0 radical (unpaired) electrons. The normalized spacial score (nSPS) is 23.9. The van der Waals surface area contributed by atoms with E-state index in [2.05, 4.69) is 13.8 Å². The van der Waals surface area contributed by atoms with Crippen LogP contribution in [0.4, 0.5) is 0 Å². The summed E-state index contributed by atoms with van der Waals surface area (Å²) in [6, 6.07) is 0. The molecule has 1 aliphatic rings. The van der Waals surface area contributed by atoms with E-state index in [-0.39, 0.29) is 9.86 Å². The first-order chi connectivity index (χ1) is 8.55. The van der Waals surface area contributed by atoms with Gasteiger partial charge in [0.05, 0.1) is 11.9 Å². The molecular weight excluding hydrogens is 244 g/mol. The number of hydrogen-bond donors (Lipinski definition) is 0. The lowest BCUT2D eigenvalue weighted by molar-refractivity contribution is -0.107. The van der Waals surface area contributed by atoms with Crippen molar-refractivity contribution in [3.63, 3.8) is 0 Å². The molecule has 18 heavy (non-hydrogen) atoms. The van der Waals surface area contributed by atoms with Crippen LogP contribution < -0.4 is 0 Å². The van der Waals surface area contributed by atoms with Crippen LogP contribution in [0, 0.1) is 0 Å². The summed E-state index contributed by atoms with van der Waals surface area (Å²) in [6.07, 6.45) is 8.76. The average Bonchev–Trinajstić information content (AvgIpc) is 2.55. The molecule has 0 fully saturated rings. The Kier molecular flexibility index (Phi) is 6.27. The van der Waals surface area contributed by atoms with Gasteiger partial charge in [0.15, 0.2) is 0 Å². The van der Waals surface area contributed by atoms with Crippen molar-refractivity contribution in [2.75, 3.05) is 7.11 Å². The Bertz CT molecular complexity index is 322. The summed E-state index contributed by atoms with van der Waals surface area (Å²) in [5.41, 5.74) is 0.802. The molecule has 1 rings (SSSR count). The number of methoxy groups -OCH3 is 1. The van der Waals surface area contributed by atoms with E-state index < -0.39 is 0 Å². The molecule has 0 saturated carbocycles. The van der Waals surface area contributed by atoms with Gasteiger partial charge in [0.25, 0.3) is 0 Å². The monoisotopic (exact) mass is 270 g/mol. The van der Waals surface area contributed by atoms with E-state index in [0.29, 0.717) is 0 Å². The third kappa shape index (κ3) is 3.78. The van der Waals surface area contributed by atoms with Crippen molar-refractivity contribution in [2.45, 2.75) is 70.5 Å². The topological polar surface area (TPSA) is 26.3 Å². The minimum Gasteiger partial charge on any atom is -0.499 e. The standard InChI is InChI=1S/C15H26O2S/c1-5-6-7-8-9-10-11-15(3)13(17-4)12(2)14(16)18-15/h5-11H2,1-4H3/t15-/m1/s1. The number of hydrogen-bond acceptors (Lipinski definition) is 3. The van der Waals surface area contributed by atoms with Gasteiger partial charge < -0.3 is 4.74 Å². The fourth-order valence-electron chi connectivity index (χ4n) is 2.59. The molecule has 1 atom stereocenters. The molecule has 0 bridgehead atoms. The Morgan fingerprint density at radius 3 is 2.39 bits per heavy atom. The first-order valence-electron chi connectivity index (χ1n) is 7.04. The summed E-state index contributed by atoms with van der Waals surface area (Å²) < 4.78 is 5.32. The zero-order chi connectivity index (χ0) is 13.6. The largest absolute Gasteiger partial charge is 0.499 e. The number of thioether (sulfide) groups is 1. The van der Waals surface area contributed by atoms with Gasteiger partial charge in [-0.1, -0.05) is 57.2 Å². The minimum absolute atomic E-state index is 0.124. The number of carbonyl (C=O) groups excluding carboxylic acids is 1. The molecule has 2 nitrogen and oxygen atoms in total. The van der Waals surface area contributed by atoms with E-state index in [1.807, 2.05) is 6.92 Å². The van der Waals surface area contributed by atoms with Crippen LogP contribution >= 0.6 is 11.8 Å². The Morgan fingerprint density at radius 1 is 1.17 bits per heavy atom. The van der Waals surface area contributed by atoms with Gasteiger partial charge in [0, 0.05) is 5.57 Å². The van der Waals surface area contributed by atoms with Crippen LogP contribution in [0.15, 0.2) is 11.3 Å². The van der Waals surface area contributed by atoms with Crippen LogP contribution in [-0.4, -0.2) is 17.0 Å². The van der Waals surface area contributed by atoms with Crippen molar-refractivity contribution in [3.05, 3.63) is 11.3 Å². The second-order valence-electron chi connectivity index (χ2n) is 5.30. The quantitative estimate of drug-likeness (QED) is 0.599. The third-order valence-electron chi connectivity index (χ3n) is 3.66. The van der Waals surface area contributed by atoms with E-state index in [4.69, 9.17) is 4.74 Å². The highest BCUT2D eigenvalue weighted by Crippen LogP contribution is 2.46. The lowest BCUT2D eigenvalue weighted by Crippen LogP contribution is -2.21. The highest BCUT2D eigenvalue weighted by molar-refractivity contribution is 8.15. The number of rotatable bonds is 8. The molecule has 0 N–H and O–H groups in total.